The fourth-order valence-corrected chi connectivity index (χ4v) is 9.99. The second-order valence-corrected chi connectivity index (χ2v) is 14.7. The number of unbranched alkanes of at least 4 members (excludes halogenated alkanes) is 1. The van der Waals surface area contributed by atoms with Crippen LogP contribution in [0.4, 0.5) is 0 Å². The summed E-state index contributed by atoms with van der Waals surface area (Å²) in [6.07, 6.45) is 17.1. The predicted molar refractivity (Wildman–Crippen MR) is 170 cm³/mol. The second-order valence-electron chi connectivity index (χ2n) is 14.7. The topological polar surface area (TPSA) is 134 Å². The van der Waals surface area contributed by atoms with Crippen LogP contribution in [-0.2, 0) is 4.79 Å². The van der Waals surface area contributed by atoms with Crippen LogP contribution in [0.3, 0.4) is 0 Å². The molecule has 0 saturated heterocycles. The molecule has 0 heterocycles. The molecule has 0 bridgehead atoms. The van der Waals surface area contributed by atoms with Crippen LogP contribution in [0.25, 0.3) is 0 Å². The van der Waals surface area contributed by atoms with Crippen molar-refractivity contribution in [1.82, 2.24) is 10.6 Å². The van der Waals surface area contributed by atoms with Crippen LogP contribution in [0.15, 0.2) is 0 Å². The van der Waals surface area contributed by atoms with E-state index in [1.165, 1.54) is 64.2 Å². The SMILES string of the molecule is CC(CCC(=O)O)C1CCC2C3C(CCC12C)C1(C)CCCCC1C[C@H]3O.NCCCNCCCCNCCCN. The van der Waals surface area contributed by atoms with E-state index in [1.54, 1.807) is 0 Å². The third kappa shape index (κ3) is 8.90. The molecule has 8 N–H and O–H groups in total. The molecule has 4 aliphatic rings. The Hall–Kier alpha value is -0.730. The molecular weight excluding hydrogens is 512 g/mol. The van der Waals surface area contributed by atoms with E-state index in [1.807, 2.05) is 0 Å². The number of hydrogen-bond donors (Lipinski definition) is 6. The lowest BCUT2D eigenvalue weighted by atomic mass is 9.44. The molecule has 0 aromatic heterocycles. The van der Waals surface area contributed by atoms with E-state index >= 15 is 0 Å². The maximum atomic E-state index is 11.2. The molecule has 7 heteroatoms. The van der Waals surface area contributed by atoms with Gasteiger partial charge < -0.3 is 32.3 Å². The number of carbonyl (C=O) groups is 1. The quantitative estimate of drug-likeness (QED) is 0.148. The van der Waals surface area contributed by atoms with Gasteiger partial charge in [0.2, 0.25) is 0 Å². The van der Waals surface area contributed by atoms with E-state index in [4.69, 9.17) is 16.6 Å². The summed E-state index contributed by atoms with van der Waals surface area (Å²) in [5, 5.41) is 27.1. The van der Waals surface area contributed by atoms with Crippen LogP contribution in [-0.4, -0.2) is 61.6 Å². The number of aliphatic carboxylic acids is 1. The van der Waals surface area contributed by atoms with E-state index in [-0.39, 0.29) is 6.10 Å². The van der Waals surface area contributed by atoms with Crippen LogP contribution in [0, 0.1) is 46.3 Å². The first kappa shape index (κ1) is 34.8. The minimum absolute atomic E-state index is 0.108. The Labute approximate surface area is 251 Å². The Bertz CT molecular complexity index is 756. The fourth-order valence-electron chi connectivity index (χ4n) is 9.99. The molecule has 8 unspecified atom stereocenters. The van der Waals surface area contributed by atoms with Crippen LogP contribution in [0.1, 0.15) is 117 Å². The molecule has 4 saturated carbocycles. The zero-order valence-electron chi connectivity index (χ0n) is 26.8. The summed E-state index contributed by atoms with van der Waals surface area (Å²) in [4.78, 5) is 11.0. The molecule has 0 amide bonds. The smallest absolute Gasteiger partial charge is 0.303 e. The van der Waals surface area contributed by atoms with Gasteiger partial charge in [-0.2, -0.15) is 0 Å². The third-order valence-corrected chi connectivity index (χ3v) is 12.2. The first-order chi connectivity index (χ1) is 19.7. The van der Waals surface area contributed by atoms with Crippen molar-refractivity contribution >= 4 is 5.97 Å². The Kier molecular flexibility index (Phi) is 14.4. The van der Waals surface area contributed by atoms with Gasteiger partial charge in [0.25, 0.3) is 0 Å². The monoisotopic (exact) mass is 579 g/mol. The zero-order chi connectivity index (χ0) is 29.9. The first-order valence-electron chi connectivity index (χ1n) is 17.4. The number of nitrogens with one attached hydrogen (secondary N) is 2. The van der Waals surface area contributed by atoms with Crippen molar-refractivity contribution in [3.8, 4) is 0 Å². The molecule has 0 aromatic carbocycles. The highest BCUT2D eigenvalue weighted by atomic mass is 16.4. The van der Waals surface area contributed by atoms with Crippen LogP contribution in [0.5, 0.6) is 0 Å². The zero-order valence-corrected chi connectivity index (χ0v) is 26.8. The summed E-state index contributed by atoms with van der Waals surface area (Å²) in [7, 11) is 0. The van der Waals surface area contributed by atoms with Crippen molar-refractivity contribution in [1.29, 1.82) is 0 Å². The lowest BCUT2D eigenvalue weighted by Crippen LogP contribution is -2.57. The Morgan fingerprint density at radius 3 is 2.07 bits per heavy atom. The maximum Gasteiger partial charge on any atom is 0.303 e. The lowest BCUT2D eigenvalue weighted by molar-refractivity contribution is -0.164. The van der Waals surface area contributed by atoms with Gasteiger partial charge in [0, 0.05) is 6.42 Å². The molecule has 7 nitrogen and oxygen atoms in total. The second kappa shape index (κ2) is 16.9. The molecule has 0 spiro atoms. The van der Waals surface area contributed by atoms with Gasteiger partial charge in [-0.25, -0.2) is 0 Å². The summed E-state index contributed by atoms with van der Waals surface area (Å²) < 4.78 is 0. The van der Waals surface area contributed by atoms with Crippen LogP contribution < -0.4 is 22.1 Å². The van der Waals surface area contributed by atoms with Crippen LogP contribution in [0.2, 0.25) is 0 Å². The van der Waals surface area contributed by atoms with Crippen molar-refractivity contribution in [2.45, 2.75) is 123 Å². The van der Waals surface area contributed by atoms with E-state index in [2.05, 4.69) is 31.4 Å². The molecular formula is C34H66N4O3. The predicted octanol–water partition coefficient (Wildman–Crippen LogP) is 5.15. The summed E-state index contributed by atoms with van der Waals surface area (Å²) in [6.45, 7) is 13.2. The minimum Gasteiger partial charge on any atom is -0.481 e. The summed E-state index contributed by atoms with van der Waals surface area (Å²) in [5.74, 6) is 3.02. The number of aliphatic hydroxyl groups is 1. The first-order valence-corrected chi connectivity index (χ1v) is 17.4. The molecule has 0 aliphatic heterocycles. The molecule has 41 heavy (non-hydrogen) atoms. The van der Waals surface area contributed by atoms with E-state index in [0.29, 0.717) is 46.8 Å². The van der Waals surface area contributed by atoms with Gasteiger partial charge in [0.1, 0.15) is 0 Å². The van der Waals surface area contributed by atoms with Gasteiger partial charge in [-0.15, -0.1) is 0 Å². The van der Waals surface area contributed by atoms with Gasteiger partial charge in [0.15, 0.2) is 0 Å². The average Bonchev–Trinajstić information content (AvgIpc) is 3.30. The highest BCUT2D eigenvalue weighted by molar-refractivity contribution is 5.66. The van der Waals surface area contributed by atoms with Crippen molar-refractivity contribution in [3.63, 3.8) is 0 Å². The minimum atomic E-state index is -0.663. The normalized spacial score (nSPS) is 36.8. The molecule has 9 atom stereocenters. The van der Waals surface area contributed by atoms with E-state index in [9.17, 15) is 9.90 Å². The van der Waals surface area contributed by atoms with Gasteiger partial charge in [-0.1, -0.05) is 33.6 Å². The summed E-state index contributed by atoms with van der Waals surface area (Å²) in [5.41, 5.74) is 11.5. The standard InChI is InChI=1S/C24H40O3.C10H26N4/c1-15(7-10-21(26)27)17-8-9-18-22-19(11-13-24(17,18)3)23(2)12-5-4-6-16(23)14-20(22)25;11-5-3-9-13-7-1-2-8-14-10-4-6-12/h15-20,22,25H,4-14H2,1-3H3,(H,26,27);13-14H,1-12H2/t15?,16?,17?,18?,19?,20-,22?,23?,24?;/m1./s1. The van der Waals surface area contributed by atoms with E-state index < -0.39 is 5.97 Å². The number of fused-ring (bicyclic) bond motifs is 5. The van der Waals surface area contributed by atoms with E-state index in [0.717, 1.165) is 70.9 Å². The molecule has 240 valence electrons. The highest BCUT2D eigenvalue weighted by Gasteiger charge is 2.62. The number of aliphatic hydroxyl groups excluding tert-OH is 1. The largest absolute Gasteiger partial charge is 0.481 e. The van der Waals surface area contributed by atoms with Crippen molar-refractivity contribution in [2.24, 2.45) is 57.8 Å². The Morgan fingerprint density at radius 1 is 0.854 bits per heavy atom. The summed E-state index contributed by atoms with van der Waals surface area (Å²) >= 11 is 0. The van der Waals surface area contributed by atoms with Gasteiger partial charge in [-0.3, -0.25) is 4.79 Å². The van der Waals surface area contributed by atoms with Crippen molar-refractivity contribution in [2.75, 3.05) is 39.3 Å². The average molecular weight is 579 g/mol. The number of carboxylic acids is 1. The molecule has 4 rings (SSSR count). The number of hydrogen-bond acceptors (Lipinski definition) is 6. The van der Waals surface area contributed by atoms with Crippen molar-refractivity contribution in [3.05, 3.63) is 0 Å². The number of nitrogens with two attached hydrogens (primary N) is 2. The third-order valence-electron chi connectivity index (χ3n) is 12.2. The Morgan fingerprint density at radius 2 is 1.46 bits per heavy atom. The summed E-state index contributed by atoms with van der Waals surface area (Å²) in [6, 6.07) is 0. The lowest BCUT2D eigenvalue weighted by Gasteiger charge is -2.62. The molecule has 4 aliphatic carbocycles. The van der Waals surface area contributed by atoms with Gasteiger partial charge in [-0.05, 0) is 163 Å². The fraction of sp³-hybridized carbons (Fsp3) is 0.971. The molecule has 4 fully saturated rings. The Balaban J connectivity index is 0.000000282. The van der Waals surface area contributed by atoms with Gasteiger partial charge in [0.05, 0.1) is 6.10 Å². The number of rotatable bonds is 15. The molecule has 0 aromatic rings. The molecule has 0 radical (unpaired) electrons. The maximum absolute atomic E-state index is 11.2. The number of carboxylic acid groups (broad SMARTS) is 1. The van der Waals surface area contributed by atoms with Crippen molar-refractivity contribution < 1.29 is 15.0 Å². The van der Waals surface area contributed by atoms with Crippen LogP contribution >= 0.6 is 0 Å². The highest BCUT2D eigenvalue weighted by Crippen LogP contribution is 2.68. The van der Waals surface area contributed by atoms with Gasteiger partial charge >= 0.3 is 5.97 Å².